The first-order chi connectivity index (χ1) is 18.5. The summed E-state index contributed by atoms with van der Waals surface area (Å²) in [6, 6.07) is 18.5. The van der Waals surface area contributed by atoms with E-state index in [1.54, 1.807) is 21.3 Å². The molecule has 4 rings (SSSR count). The van der Waals surface area contributed by atoms with E-state index < -0.39 is 0 Å². The van der Waals surface area contributed by atoms with Crippen molar-refractivity contribution in [2.24, 2.45) is 0 Å². The summed E-state index contributed by atoms with van der Waals surface area (Å²) in [6.07, 6.45) is 1.61. The third-order valence-corrected chi connectivity index (χ3v) is 6.71. The van der Waals surface area contributed by atoms with Gasteiger partial charge in [-0.3, -0.25) is 4.79 Å². The Labute approximate surface area is 225 Å². The van der Waals surface area contributed by atoms with Crippen molar-refractivity contribution in [2.75, 3.05) is 47.7 Å². The maximum atomic E-state index is 13.4. The van der Waals surface area contributed by atoms with Crippen LogP contribution in [0.5, 0.6) is 23.0 Å². The fourth-order valence-corrected chi connectivity index (χ4v) is 4.80. The van der Waals surface area contributed by atoms with Crippen molar-refractivity contribution < 1.29 is 28.5 Å². The van der Waals surface area contributed by atoms with Crippen LogP contribution in [-0.4, -0.2) is 58.5 Å². The van der Waals surface area contributed by atoms with Crippen molar-refractivity contribution in [1.29, 1.82) is 0 Å². The number of ether oxygens (including phenoxy) is 5. The molecule has 0 radical (unpaired) electrons. The molecule has 0 fully saturated rings. The quantitative estimate of drug-likeness (QED) is 0.458. The summed E-state index contributed by atoms with van der Waals surface area (Å²) in [5, 5.41) is 0. The van der Waals surface area contributed by atoms with E-state index in [1.807, 2.05) is 23.1 Å². The molecule has 0 saturated heterocycles. The van der Waals surface area contributed by atoms with Crippen LogP contribution in [-0.2, 0) is 28.9 Å². The topological polar surface area (TPSA) is 66.5 Å². The first-order valence-electron chi connectivity index (χ1n) is 13.0. The number of rotatable bonds is 6. The molecule has 0 saturated carbocycles. The molecule has 1 aliphatic rings. The lowest BCUT2D eigenvalue weighted by Gasteiger charge is -2.24. The van der Waals surface area contributed by atoms with E-state index in [9.17, 15) is 4.79 Å². The highest BCUT2D eigenvalue weighted by molar-refractivity contribution is 5.76. The molecule has 2 bridgehead atoms. The number of carbonyl (C=O) groups excluding carboxylic acids is 1. The summed E-state index contributed by atoms with van der Waals surface area (Å²) in [7, 11) is 4.76. The first-order valence-corrected chi connectivity index (χ1v) is 13.0. The molecule has 7 nitrogen and oxygen atoms in total. The van der Waals surface area contributed by atoms with Crippen LogP contribution in [0.3, 0.4) is 0 Å². The predicted molar refractivity (Wildman–Crippen MR) is 147 cm³/mol. The largest absolute Gasteiger partial charge is 0.493 e. The molecule has 0 atom stereocenters. The Bertz CT molecular complexity index is 1240. The molecule has 1 amide bonds. The fraction of sp³-hybridized carbons (Fsp3) is 0.387. The molecule has 0 aromatic heterocycles. The predicted octanol–water partition coefficient (Wildman–Crippen LogP) is 4.98. The SMILES string of the molecule is COc1ccc(CCC(=O)N2CCOCCOc3ccc(C)cc3Cc3cccc(c3)C2)c(OC)c1OC. The zero-order valence-corrected chi connectivity index (χ0v) is 22.7. The highest BCUT2D eigenvalue weighted by Crippen LogP contribution is 2.40. The van der Waals surface area contributed by atoms with Gasteiger partial charge in [0.25, 0.3) is 0 Å². The second-order valence-electron chi connectivity index (χ2n) is 9.38. The van der Waals surface area contributed by atoms with Crippen molar-refractivity contribution in [3.8, 4) is 23.0 Å². The lowest BCUT2D eigenvalue weighted by molar-refractivity contribution is -0.132. The Kier molecular flexibility index (Phi) is 9.49. The van der Waals surface area contributed by atoms with E-state index >= 15 is 0 Å². The zero-order valence-electron chi connectivity index (χ0n) is 22.7. The summed E-state index contributed by atoms with van der Waals surface area (Å²) < 4.78 is 28.4. The normalized spacial score (nSPS) is 14.1. The van der Waals surface area contributed by atoms with Gasteiger partial charge < -0.3 is 28.6 Å². The van der Waals surface area contributed by atoms with Gasteiger partial charge in [-0.25, -0.2) is 0 Å². The monoisotopic (exact) mass is 519 g/mol. The Morgan fingerprint density at radius 1 is 0.895 bits per heavy atom. The molecule has 38 heavy (non-hydrogen) atoms. The Balaban J connectivity index is 1.52. The highest BCUT2D eigenvalue weighted by Gasteiger charge is 2.19. The number of nitrogens with zero attached hydrogens (tertiary/aromatic N) is 1. The van der Waals surface area contributed by atoms with Gasteiger partial charge in [0.2, 0.25) is 11.7 Å². The smallest absolute Gasteiger partial charge is 0.223 e. The number of fused-ring (bicyclic) bond motifs is 3. The van der Waals surface area contributed by atoms with E-state index in [1.165, 1.54) is 11.1 Å². The second kappa shape index (κ2) is 13.2. The molecule has 0 unspecified atom stereocenters. The number of amides is 1. The Hall–Kier alpha value is -3.71. The number of hydrogen-bond acceptors (Lipinski definition) is 6. The average molecular weight is 520 g/mol. The van der Waals surface area contributed by atoms with E-state index in [4.69, 9.17) is 23.7 Å². The minimum Gasteiger partial charge on any atom is -0.493 e. The molecule has 1 aliphatic heterocycles. The molecular formula is C31H37NO6. The van der Waals surface area contributed by atoms with E-state index in [0.29, 0.717) is 63.0 Å². The standard InChI is InChI=1S/C31H37NO6/c1-22-8-11-27-26(18-22)20-23-6-5-7-24(19-23)21-32(14-15-37-16-17-38-27)29(33)13-10-25-9-12-28(34-2)31(36-4)30(25)35-3/h5-9,11-12,18-19H,10,13-17,20-21H2,1-4H3. The van der Waals surface area contributed by atoms with Crippen molar-refractivity contribution in [3.63, 3.8) is 0 Å². The van der Waals surface area contributed by atoms with Crippen molar-refractivity contribution in [1.82, 2.24) is 4.90 Å². The summed E-state index contributed by atoms with van der Waals surface area (Å²) in [5.41, 5.74) is 5.52. The maximum absolute atomic E-state index is 13.4. The van der Waals surface area contributed by atoms with Crippen LogP contribution in [0, 0.1) is 6.92 Å². The second-order valence-corrected chi connectivity index (χ2v) is 9.38. The summed E-state index contributed by atoms with van der Waals surface area (Å²) in [6.45, 7) is 4.48. The van der Waals surface area contributed by atoms with Crippen molar-refractivity contribution >= 4 is 5.91 Å². The molecule has 1 heterocycles. The van der Waals surface area contributed by atoms with Gasteiger partial charge in [0.15, 0.2) is 11.5 Å². The van der Waals surface area contributed by atoms with Gasteiger partial charge in [-0.05, 0) is 47.7 Å². The molecule has 0 N–H and O–H groups in total. The molecule has 3 aromatic carbocycles. The number of hydrogen-bond donors (Lipinski definition) is 0. The Morgan fingerprint density at radius 2 is 1.71 bits per heavy atom. The number of aryl methyl sites for hydroxylation is 2. The lowest BCUT2D eigenvalue weighted by Crippen LogP contribution is -2.34. The van der Waals surface area contributed by atoms with Crippen molar-refractivity contribution in [2.45, 2.75) is 32.7 Å². The third-order valence-electron chi connectivity index (χ3n) is 6.71. The molecule has 0 aliphatic carbocycles. The number of methoxy groups -OCH3 is 3. The van der Waals surface area contributed by atoms with Gasteiger partial charge in [-0.1, -0.05) is 48.0 Å². The Morgan fingerprint density at radius 3 is 2.50 bits per heavy atom. The highest BCUT2D eigenvalue weighted by atomic mass is 16.5. The van der Waals surface area contributed by atoms with Gasteiger partial charge in [0.05, 0.1) is 34.5 Å². The van der Waals surface area contributed by atoms with Crippen LogP contribution < -0.4 is 18.9 Å². The van der Waals surface area contributed by atoms with Crippen LogP contribution in [0.4, 0.5) is 0 Å². The summed E-state index contributed by atoms with van der Waals surface area (Å²) >= 11 is 0. The van der Waals surface area contributed by atoms with E-state index in [0.717, 1.165) is 28.9 Å². The van der Waals surface area contributed by atoms with E-state index in [-0.39, 0.29) is 5.91 Å². The van der Waals surface area contributed by atoms with Gasteiger partial charge in [0, 0.05) is 25.9 Å². The van der Waals surface area contributed by atoms with Crippen LogP contribution in [0.2, 0.25) is 0 Å². The average Bonchev–Trinajstić information content (AvgIpc) is 2.93. The minimum atomic E-state index is 0.0557. The van der Waals surface area contributed by atoms with Gasteiger partial charge >= 0.3 is 0 Å². The van der Waals surface area contributed by atoms with Crippen molar-refractivity contribution in [3.05, 3.63) is 82.4 Å². The first kappa shape index (κ1) is 27.3. The number of carbonyl (C=O) groups is 1. The van der Waals surface area contributed by atoms with Crippen LogP contribution in [0.1, 0.15) is 34.2 Å². The van der Waals surface area contributed by atoms with Crippen LogP contribution >= 0.6 is 0 Å². The summed E-state index contributed by atoms with van der Waals surface area (Å²) in [4.78, 5) is 15.3. The van der Waals surface area contributed by atoms with Crippen LogP contribution in [0.15, 0.2) is 54.6 Å². The van der Waals surface area contributed by atoms with Crippen LogP contribution in [0.25, 0.3) is 0 Å². The maximum Gasteiger partial charge on any atom is 0.223 e. The fourth-order valence-electron chi connectivity index (χ4n) is 4.80. The molecule has 7 heteroatoms. The van der Waals surface area contributed by atoms with Gasteiger partial charge in [0.1, 0.15) is 12.4 Å². The zero-order chi connectivity index (χ0) is 26.9. The molecule has 202 valence electrons. The van der Waals surface area contributed by atoms with E-state index in [2.05, 4.69) is 43.3 Å². The molecule has 3 aromatic rings. The molecular weight excluding hydrogens is 482 g/mol. The van der Waals surface area contributed by atoms with Gasteiger partial charge in [-0.15, -0.1) is 0 Å². The van der Waals surface area contributed by atoms with Gasteiger partial charge in [-0.2, -0.15) is 0 Å². The summed E-state index contributed by atoms with van der Waals surface area (Å²) in [5.74, 6) is 2.66. The molecule has 0 spiro atoms. The lowest BCUT2D eigenvalue weighted by atomic mass is 10.00. The third kappa shape index (κ3) is 6.78. The number of benzene rings is 3. The minimum absolute atomic E-state index is 0.0557.